The van der Waals surface area contributed by atoms with Gasteiger partial charge in [0.2, 0.25) is 5.91 Å². The lowest BCUT2D eigenvalue weighted by molar-refractivity contribution is -0.152. The number of para-hydroxylation sites is 1. The van der Waals surface area contributed by atoms with Crippen LogP contribution in [0.5, 0.6) is 17.2 Å². The zero-order valence-electron chi connectivity index (χ0n) is 18.7. The molecule has 1 N–H and O–H groups in total. The van der Waals surface area contributed by atoms with Crippen molar-refractivity contribution < 1.29 is 33.3 Å². The number of carbonyl (C=O) groups is 3. The first-order valence-electron chi connectivity index (χ1n) is 10.7. The van der Waals surface area contributed by atoms with E-state index in [0.717, 1.165) is 5.56 Å². The third-order valence-electron chi connectivity index (χ3n) is 5.04. The van der Waals surface area contributed by atoms with Gasteiger partial charge in [-0.1, -0.05) is 24.3 Å². The zero-order valence-corrected chi connectivity index (χ0v) is 18.7. The Bertz CT molecular complexity index is 965. The van der Waals surface area contributed by atoms with Crippen LogP contribution in [0.3, 0.4) is 0 Å². The molecular formula is C24H28N2O7. The smallest absolute Gasteiger partial charge is 0.308 e. The van der Waals surface area contributed by atoms with Gasteiger partial charge < -0.3 is 29.2 Å². The monoisotopic (exact) mass is 456 g/mol. The van der Waals surface area contributed by atoms with E-state index in [4.69, 9.17) is 18.9 Å². The van der Waals surface area contributed by atoms with Crippen LogP contribution in [-0.4, -0.2) is 68.7 Å². The molecule has 1 fully saturated rings. The van der Waals surface area contributed by atoms with Crippen LogP contribution in [0.25, 0.3) is 0 Å². The minimum absolute atomic E-state index is 0.0341. The Morgan fingerprint density at radius 2 is 1.85 bits per heavy atom. The highest BCUT2D eigenvalue weighted by molar-refractivity contribution is 5.92. The summed E-state index contributed by atoms with van der Waals surface area (Å²) in [4.78, 5) is 38.8. The highest BCUT2D eigenvalue weighted by atomic mass is 16.6. The van der Waals surface area contributed by atoms with Crippen LogP contribution in [0.2, 0.25) is 0 Å². The minimum Gasteiger partial charge on any atom is -0.493 e. The third kappa shape index (κ3) is 6.86. The van der Waals surface area contributed by atoms with Crippen molar-refractivity contribution in [2.75, 3.05) is 40.0 Å². The summed E-state index contributed by atoms with van der Waals surface area (Å²) in [6.45, 7) is 2.42. The van der Waals surface area contributed by atoms with Gasteiger partial charge in [-0.2, -0.15) is 0 Å². The van der Waals surface area contributed by atoms with Gasteiger partial charge in [0.1, 0.15) is 25.0 Å². The number of hydrogen-bond donors (Lipinski definition) is 1. The molecule has 3 rings (SSSR count). The number of benzene rings is 2. The average molecular weight is 456 g/mol. The van der Waals surface area contributed by atoms with E-state index in [1.54, 1.807) is 24.3 Å². The van der Waals surface area contributed by atoms with Crippen LogP contribution >= 0.6 is 0 Å². The molecule has 0 aromatic heterocycles. The molecule has 33 heavy (non-hydrogen) atoms. The van der Waals surface area contributed by atoms with Crippen LogP contribution in [0.4, 0.5) is 0 Å². The van der Waals surface area contributed by atoms with Gasteiger partial charge in [0.05, 0.1) is 13.5 Å². The number of carbonyl (C=O) groups excluding carboxylic acids is 3. The van der Waals surface area contributed by atoms with E-state index in [-0.39, 0.29) is 32.8 Å². The second kappa shape index (κ2) is 11.8. The van der Waals surface area contributed by atoms with Gasteiger partial charge >= 0.3 is 5.97 Å². The van der Waals surface area contributed by atoms with Crippen molar-refractivity contribution in [3.8, 4) is 17.2 Å². The summed E-state index contributed by atoms with van der Waals surface area (Å²) in [6, 6.07) is 13.6. The topological polar surface area (TPSA) is 103 Å². The molecule has 9 nitrogen and oxygen atoms in total. The van der Waals surface area contributed by atoms with Gasteiger partial charge in [0, 0.05) is 13.1 Å². The molecule has 0 saturated carbocycles. The summed E-state index contributed by atoms with van der Waals surface area (Å²) in [5.41, 5.74) is 0.992. The van der Waals surface area contributed by atoms with E-state index >= 15 is 0 Å². The molecule has 2 aromatic rings. The maximum Gasteiger partial charge on any atom is 0.308 e. The van der Waals surface area contributed by atoms with E-state index in [0.29, 0.717) is 23.8 Å². The summed E-state index contributed by atoms with van der Waals surface area (Å²) in [7, 11) is 1.52. The summed E-state index contributed by atoms with van der Waals surface area (Å²) < 4.78 is 21.6. The fourth-order valence-corrected chi connectivity index (χ4v) is 3.38. The van der Waals surface area contributed by atoms with Gasteiger partial charge in [0.15, 0.2) is 18.1 Å². The zero-order chi connectivity index (χ0) is 23.6. The maximum absolute atomic E-state index is 12.8. The van der Waals surface area contributed by atoms with Gasteiger partial charge in [0.25, 0.3) is 5.91 Å². The molecule has 2 amide bonds. The van der Waals surface area contributed by atoms with E-state index in [2.05, 4.69) is 5.32 Å². The van der Waals surface area contributed by atoms with E-state index in [1.165, 1.54) is 12.0 Å². The van der Waals surface area contributed by atoms with Crippen LogP contribution in [0, 0.1) is 6.92 Å². The van der Waals surface area contributed by atoms with Gasteiger partial charge in [-0.15, -0.1) is 0 Å². The number of nitrogens with zero attached hydrogens (tertiary/aromatic N) is 1. The Morgan fingerprint density at radius 1 is 1.06 bits per heavy atom. The highest BCUT2D eigenvalue weighted by Gasteiger charge is 2.35. The number of methoxy groups -OCH3 is 1. The molecule has 1 atom stereocenters. The Kier molecular flexibility index (Phi) is 8.51. The number of ether oxygens (including phenoxy) is 4. The second-order valence-electron chi connectivity index (χ2n) is 7.42. The Balaban J connectivity index is 1.51. The fraction of sp³-hybridized carbons (Fsp3) is 0.375. The minimum atomic E-state index is -0.961. The number of piperazine rings is 1. The predicted molar refractivity (Wildman–Crippen MR) is 119 cm³/mol. The first kappa shape index (κ1) is 23.9. The molecule has 176 valence electrons. The number of esters is 1. The van der Waals surface area contributed by atoms with Crippen LogP contribution in [-0.2, 0) is 19.1 Å². The molecule has 0 aliphatic carbocycles. The Hall–Kier alpha value is -3.75. The standard InChI is InChI=1S/C24H28N2O7/c1-17-8-9-20(21(14-17)30-2)33-16-22(27)26-11-10-25-24(29)19(26)15-23(28)32-13-12-31-18-6-4-3-5-7-18/h3-9,14,19H,10-13,15-16H2,1-2H3,(H,25,29). The third-order valence-corrected chi connectivity index (χ3v) is 5.04. The van der Waals surface area contributed by atoms with E-state index in [9.17, 15) is 14.4 Å². The van der Waals surface area contributed by atoms with Crippen molar-refractivity contribution in [1.82, 2.24) is 10.2 Å². The molecule has 1 aliphatic heterocycles. The Morgan fingerprint density at radius 3 is 2.61 bits per heavy atom. The van der Waals surface area contributed by atoms with Crippen LogP contribution in [0.1, 0.15) is 12.0 Å². The number of amides is 2. The number of rotatable bonds is 10. The molecule has 2 aromatic carbocycles. The van der Waals surface area contributed by atoms with Crippen molar-refractivity contribution in [3.63, 3.8) is 0 Å². The molecule has 1 aliphatic rings. The first-order valence-corrected chi connectivity index (χ1v) is 10.7. The van der Waals surface area contributed by atoms with Gasteiger partial charge in [-0.25, -0.2) is 0 Å². The number of nitrogens with one attached hydrogen (secondary N) is 1. The van der Waals surface area contributed by atoms with Crippen LogP contribution < -0.4 is 19.5 Å². The molecule has 1 saturated heterocycles. The second-order valence-corrected chi connectivity index (χ2v) is 7.42. The van der Waals surface area contributed by atoms with Crippen molar-refractivity contribution >= 4 is 17.8 Å². The molecule has 9 heteroatoms. The summed E-state index contributed by atoms with van der Waals surface area (Å²) in [5.74, 6) is 0.205. The number of hydrogen-bond acceptors (Lipinski definition) is 7. The molecule has 1 unspecified atom stereocenters. The lowest BCUT2D eigenvalue weighted by Gasteiger charge is -2.34. The predicted octanol–water partition coefficient (Wildman–Crippen LogP) is 1.72. The summed E-state index contributed by atoms with van der Waals surface area (Å²) in [6.07, 6.45) is -0.253. The van der Waals surface area contributed by atoms with Crippen molar-refractivity contribution in [1.29, 1.82) is 0 Å². The van der Waals surface area contributed by atoms with Crippen molar-refractivity contribution in [2.45, 2.75) is 19.4 Å². The first-order chi connectivity index (χ1) is 16.0. The molecule has 0 spiro atoms. The normalized spacial score (nSPS) is 15.4. The molecule has 0 radical (unpaired) electrons. The lowest BCUT2D eigenvalue weighted by atomic mass is 10.1. The summed E-state index contributed by atoms with van der Waals surface area (Å²) >= 11 is 0. The molecule has 0 bridgehead atoms. The SMILES string of the molecule is COc1cc(C)ccc1OCC(=O)N1CCNC(=O)C1CC(=O)OCCOc1ccccc1. The van der Waals surface area contributed by atoms with Crippen molar-refractivity contribution in [3.05, 3.63) is 54.1 Å². The van der Waals surface area contributed by atoms with Gasteiger partial charge in [-0.05, 0) is 36.8 Å². The molecular weight excluding hydrogens is 428 g/mol. The quantitative estimate of drug-likeness (QED) is 0.429. The maximum atomic E-state index is 12.8. The van der Waals surface area contributed by atoms with E-state index in [1.807, 2.05) is 31.2 Å². The summed E-state index contributed by atoms with van der Waals surface area (Å²) in [5, 5.41) is 2.68. The number of aryl methyl sites for hydroxylation is 1. The largest absolute Gasteiger partial charge is 0.493 e. The van der Waals surface area contributed by atoms with Crippen LogP contribution in [0.15, 0.2) is 48.5 Å². The fourth-order valence-electron chi connectivity index (χ4n) is 3.38. The molecule has 1 heterocycles. The highest BCUT2D eigenvalue weighted by Crippen LogP contribution is 2.27. The van der Waals surface area contributed by atoms with Gasteiger partial charge in [-0.3, -0.25) is 14.4 Å². The lowest BCUT2D eigenvalue weighted by Crippen LogP contribution is -2.58. The van der Waals surface area contributed by atoms with E-state index < -0.39 is 23.8 Å². The average Bonchev–Trinajstić information content (AvgIpc) is 2.82. The Labute approximate surface area is 192 Å². The van der Waals surface area contributed by atoms with Crippen molar-refractivity contribution in [2.24, 2.45) is 0 Å².